The Hall–Kier alpha value is -2.75. The summed E-state index contributed by atoms with van der Waals surface area (Å²) in [6.45, 7) is 5.64. The molecule has 0 unspecified atom stereocenters. The molecule has 2 heterocycles. The predicted octanol–water partition coefficient (Wildman–Crippen LogP) is 4.90. The van der Waals surface area contributed by atoms with E-state index in [0.717, 1.165) is 37.1 Å². The Labute approximate surface area is 229 Å². The normalized spacial score (nSPS) is 14.8. The van der Waals surface area contributed by atoms with E-state index in [4.69, 9.17) is 21.5 Å². The van der Waals surface area contributed by atoms with Crippen molar-refractivity contribution in [2.75, 3.05) is 18.4 Å². The fourth-order valence-electron chi connectivity index (χ4n) is 4.37. The molecule has 1 fully saturated rings. The molecule has 12 heteroatoms. The van der Waals surface area contributed by atoms with Gasteiger partial charge in [-0.25, -0.2) is 18.5 Å². The van der Waals surface area contributed by atoms with Gasteiger partial charge in [0.2, 0.25) is 21.9 Å². The maximum absolute atomic E-state index is 12.0. The van der Waals surface area contributed by atoms with Gasteiger partial charge in [0.05, 0.1) is 27.2 Å². The molecule has 4 rings (SSSR count). The molecule has 0 spiro atoms. The Morgan fingerprint density at radius 1 is 1.27 bits per heavy atom. The van der Waals surface area contributed by atoms with Crippen molar-refractivity contribution in [3.05, 3.63) is 68.3 Å². The molecular formula is C25H26BrClN6O3S. The van der Waals surface area contributed by atoms with Crippen molar-refractivity contribution in [1.29, 1.82) is 5.26 Å². The van der Waals surface area contributed by atoms with E-state index in [1.165, 1.54) is 6.07 Å². The number of likely N-dealkylation sites (tertiary alicyclic amines) is 1. The Morgan fingerprint density at radius 3 is 2.57 bits per heavy atom. The smallest absolute Gasteiger partial charge is 0.238 e. The van der Waals surface area contributed by atoms with Crippen LogP contribution in [0.25, 0.3) is 0 Å². The minimum atomic E-state index is -3.87. The van der Waals surface area contributed by atoms with Crippen LogP contribution >= 0.6 is 27.5 Å². The number of ether oxygens (including phenoxy) is 1. The van der Waals surface area contributed by atoms with Gasteiger partial charge in [0, 0.05) is 36.3 Å². The number of hydrogen-bond acceptors (Lipinski definition) is 8. The highest BCUT2D eigenvalue weighted by Gasteiger charge is 2.24. The van der Waals surface area contributed by atoms with Crippen molar-refractivity contribution in [1.82, 2.24) is 14.9 Å². The van der Waals surface area contributed by atoms with Crippen LogP contribution in [-0.2, 0) is 16.6 Å². The molecule has 1 aromatic heterocycles. The Morgan fingerprint density at radius 2 is 1.95 bits per heavy atom. The Bertz CT molecular complexity index is 1450. The number of piperidine rings is 1. The fraction of sp³-hybridized carbons (Fsp3) is 0.320. The number of nitrogens with one attached hydrogen (secondary N) is 1. The monoisotopic (exact) mass is 604 g/mol. The van der Waals surface area contributed by atoms with Gasteiger partial charge in [0.15, 0.2) is 0 Å². The number of anilines is 1. The molecule has 3 aromatic rings. The SMILES string of the molecule is Cc1cc(C#N)cc(C)c1Oc1nc(NC2CCN(Cc3c(Cl)cccc3S(N)(=O)=O)CC2)ncc1Br. The van der Waals surface area contributed by atoms with Crippen molar-refractivity contribution < 1.29 is 13.2 Å². The molecule has 0 aliphatic carbocycles. The number of halogens is 2. The summed E-state index contributed by atoms with van der Waals surface area (Å²) in [7, 11) is -3.87. The second-order valence-electron chi connectivity index (χ2n) is 8.96. The van der Waals surface area contributed by atoms with Crippen LogP contribution < -0.4 is 15.2 Å². The fourth-order valence-corrected chi connectivity index (χ4v) is 5.71. The van der Waals surface area contributed by atoms with Crippen molar-refractivity contribution in [2.45, 2.75) is 44.2 Å². The third kappa shape index (κ3) is 6.58. The summed E-state index contributed by atoms with van der Waals surface area (Å²) < 4.78 is 30.7. The third-order valence-corrected chi connectivity index (χ3v) is 8.08. The lowest BCUT2D eigenvalue weighted by Gasteiger charge is -2.32. The van der Waals surface area contributed by atoms with Crippen LogP contribution in [0.15, 0.2) is 45.9 Å². The van der Waals surface area contributed by atoms with E-state index in [2.05, 4.69) is 42.2 Å². The molecule has 0 saturated carbocycles. The van der Waals surface area contributed by atoms with Crippen LogP contribution in [0.3, 0.4) is 0 Å². The second-order valence-corrected chi connectivity index (χ2v) is 11.7. The Kier molecular flexibility index (Phi) is 8.36. The molecule has 1 saturated heterocycles. The lowest BCUT2D eigenvalue weighted by atomic mass is 10.0. The molecule has 1 aliphatic rings. The van der Waals surface area contributed by atoms with Gasteiger partial charge in [-0.1, -0.05) is 17.7 Å². The minimum absolute atomic E-state index is 0.0591. The van der Waals surface area contributed by atoms with Crippen LogP contribution in [-0.4, -0.2) is 42.4 Å². The predicted molar refractivity (Wildman–Crippen MR) is 145 cm³/mol. The topological polar surface area (TPSA) is 134 Å². The highest BCUT2D eigenvalue weighted by molar-refractivity contribution is 9.10. The van der Waals surface area contributed by atoms with Gasteiger partial charge in [-0.2, -0.15) is 10.2 Å². The number of aryl methyl sites for hydroxylation is 2. The van der Waals surface area contributed by atoms with Gasteiger partial charge >= 0.3 is 0 Å². The summed E-state index contributed by atoms with van der Waals surface area (Å²) in [4.78, 5) is 11.1. The zero-order chi connectivity index (χ0) is 26.7. The lowest BCUT2D eigenvalue weighted by molar-refractivity contribution is 0.209. The first kappa shape index (κ1) is 27.3. The van der Waals surface area contributed by atoms with E-state index in [-0.39, 0.29) is 10.9 Å². The number of hydrogen-bond donors (Lipinski definition) is 2. The molecule has 3 N–H and O–H groups in total. The van der Waals surface area contributed by atoms with E-state index in [0.29, 0.717) is 44.7 Å². The molecule has 0 bridgehead atoms. The van der Waals surface area contributed by atoms with Crippen molar-refractivity contribution in [3.8, 4) is 17.7 Å². The van der Waals surface area contributed by atoms with Crippen molar-refractivity contribution in [3.63, 3.8) is 0 Å². The highest BCUT2D eigenvalue weighted by atomic mass is 79.9. The van der Waals surface area contributed by atoms with Gasteiger partial charge in [-0.3, -0.25) is 4.90 Å². The molecule has 0 radical (unpaired) electrons. The molecule has 1 aliphatic heterocycles. The van der Waals surface area contributed by atoms with Crippen LogP contribution in [0.2, 0.25) is 5.02 Å². The number of aromatic nitrogens is 2. The van der Waals surface area contributed by atoms with Gasteiger partial charge < -0.3 is 10.1 Å². The molecule has 37 heavy (non-hydrogen) atoms. The van der Waals surface area contributed by atoms with Gasteiger partial charge in [0.25, 0.3) is 0 Å². The number of nitrogens with two attached hydrogens (primary N) is 1. The van der Waals surface area contributed by atoms with E-state index in [1.807, 2.05) is 13.8 Å². The lowest BCUT2D eigenvalue weighted by Crippen LogP contribution is -2.39. The Balaban J connectivity index is 1.41. The van der Waals surface area contributed by atoms with E-state index in [9.17, 15) is 13.7 Å². The third-order valence-electron chi connectivity index (χ3n) is 6.19. The van der Waals surface area contributed by atoms with Gasteiger partial charge in [0.1, 0.15) is 5.75 Å². The molecule has 9 nitrogen and oxygen atoms in total. The summed E-state index contributed by atoms with van der Waals surface area (Å²) in [5, 5.41) is 18.3. The first-order valence-corrected chi connectivity index (χ1v) is 14.3. The maximum Gasteiger partial charge on any atom is 0.238 e. The zero-order valence-corrected chi connectivity index (χ0v) is 23.5. The van der Waals surface area contributed by atoms with Crippen LogP contribution in [0.5, 0.6) is 11.6 Å². The standard InChI is InChI=1S/C25H26BrClN6O3S/c1-15-10-17(12-28)11-16(2)23(15)36-24-20(26)13-30-25(32-24)31-18-6-8-33(9-7-18)14-19-21(27)4-3-5-22(19)37(29,34)35/h3-5,10-11,13,18H,6-9,14H2,1-2H3,(H2,29,34,35)(H,30,31,32). The van der Waals surface area contributed by atoms with Crippen LogP contribution in [0.1, 0.15) is 35.1 Å². The first-order chi connectivity index (χ1) is 17.5. The van der Waals surface area contributed by atoms with Crippen LogP contribution in [0.4, 0.5) is 5.95 Å². The summed E-state index contributed by atoms with van der Waals surface area (Å²) >= 11 is 9.76. The summed E-state index contributed by atoms with van der Waals surface area (Å²) in [5.74, 6) is 1.47. The summed E-state index contributed by atoms with van der Waals surface area (Å²) in [6.07, 6.45) is 3.25. The number of nitrogens with zero attached hydrogens (tertiary/aromatic N) is 4. The maximum atomic E-state index is 12.0. The quantitative estimate of drug-likeness (QED) is 0.389. The average molecular weight is 606 g/mol. The molecule has 0 atom stereocenters. The minimum Gasteiger partial charge on any atom is -0.437 e. The molecule has 0 amide bonds. The van der Waals surface area contributed by atoms with E-state index < -0.39 is 10.0 Å². The van der Waals surface area contributed by atoms with E-state index in [1.54, 1.807) is 30.5 Å². The zero-order valence-electron chi connectivity index (χ0n) is 20.3. The number of sulfonamides is 1. The largest absolute Gasteiger partial charge is 0.437 e. The highest BCUT2D eigenvalue weighted by Crippen LogP contribution is 2.33. The van der Waals surface area contributed by atoms with E-state index >= 15 is 0 Å². The summed E-state index contributed by atoms with van der Waals surface area (Å²) in [6, 6.07) is 10.6. The molecule has 2 aromatic carbocycles. The summed E-state index contributed by atoms with van der Waals surface area (Å²) in [5.41, 5.74) is 2.78. The molecular weight excluding hydrogens is 580 g/mol. The average Bonchev–Trinajstić information content (AvgIpc) is 2.84. The van der Waals surface area contributed by atoms with Gasteiger partial charge in [-0.05, 0) is 78.0 Å². The van der Waals surface area contributed by atoms with Crippen LogP contribution in [0, 0.1) is 25.2 Å². The van der Waals surface area contributed by atoms with Crippen molar-refractivity contribution in [2.24, 2.45) is 5.14 Å². The van der Waals surface area contributed by atoms with Crippen molar-refractivity contribution >= 4 is 43.5 Å². The second kappa shape index (κ2) is 11.3. The number of benzene rings is 2. The van der Waals surface area contributed by atoms with Gasteiger partial charge in [-0.15, -0.1) is 0 Å². The first-order valence-electron chi connectivity index (χ1n) is 11.6. The molecule has 194 valence electrons. The number of nitriles is 1. The number of rotatable bonds is 7. The number of primary sulfonamides is 1.